The van der Waals surface area contributed by atoms with Gasteiger partial charge in [0, 0.05) is 13.0 Å². The van der Waals surface area contributed by atoms with Gasteiger partial charge in [-0.25, -0.2) is 0 Å². The smallest absolute Gasteiger partial charge is 0.303 e. The molecule has 0 aromatic heterocycles. The highest BCUT2D eigenvalue weighted by Gasteiger charge is 2.17. The summed E-state index contributed by atoms with van der Waals surface area (Å²) >= 11 is 0. The molecule has 1 rings (SSSR count). The SMILES string of the molecule is CCCC(C)(C)[SiH2]OCCc1ccccc1CCC(=O)O. The van der Waals surface area contributed by atoms with Gasteiger partial charge in [0.15, 0.2) is 9.76 Å². The van der Waals surface area contributed by atoms with Crippen molar-refractivity contribution in [3.8, 4) is 0 Å². The van der Waals surface area contributed by atoms with Gasteiger partial charge >= 0.3 is 5.97 Å². The Morgan fingerprint density at radius 2 is 1.86 bits per heavy atom. The van der Waals surface area contributed by atoms with Crippen LogP contribution in [0.15, 0.2) is 24.3 Å². The van der Waals surface area contributed by atoms with Crippen molar-refractivity contribution in [2.45, 2.75) is 57.9 Å². The zero-order chi connectivity index (χ0) is 15.7. The van der Waals surface area contributed by atoms with Gasteiger partial charge in [-0.15, -0.1) is 0 Å². The lowest BCUT2D eigenvalue weighted by Gasteiger charge is -2.23. The van der Waals surface area contributed by atoms with E-state index in [1.165, 1.54) is 18.4 Å². The fourth-order valence-corrected chi connectivity index (χ4v) is 3.91. The Morgan fingerprint density at radius 1 is 1.24 bits per heavy atom. The first-order chi connectivity index (χ1) is 9.94. The lowest BCUT2D eigenvalue weighted by Crippen LogP contribution is -2.17. The molecule has 21 heavy (non-hydrogen) atoms. The Balaban J connectivity index is 2.43. The third-order valence-corrected chi connectivity index (χ3v) is 5.29. The second-order valence-corrected chi connectivity index (χ2v) is 8.99. The largest absolute Gasteiger partial charge is 0.481 e. The molecular weight excluding hydrogens is 280 g/mol. The molecule has 4 heteroatoms. The Bertz CT molecular complexity index is 443. The van der Waals surface area contributed by atoms with Gasteiger partial charge in [-0.1, -0.05) is 51.5 Å². The van der Waals surface area contributed by atoms with E-state index in [1.54, 1.807) is 0 Å². The molecule has 0 aliphatic heterocycles. The van der Waals surface area contributed by atoms with E-state index >= 15 is 0 Å². The van der Waals surface area contributed by atoms with E-state index < -0.39 is 15.7 Å². The van der Waals surface area contributed by atoms with Crippen LogP contribution in [-0.4, -0.2) is 27.4 Å². The molecule has 1 aromatic carbocycles. The molecule has 0 atom stereocenters. The van der Waals surface area contributed by atoms with Crippen molar-refractivity contribution >= 4 is 15.7 Å². The molecule has 0 amide bonds. The topological polar surface area (TPSA) is 46.5 Å². The van der Waals surface area contributed by atoms with Crippen LogP contribution < -0.4 is 0 Å². The lowest BCUT2D eigenvalue weighted by atomic mass is 10.0. The summed E-state index contributed by atoms with van der Waals surface area (Å²) in [6, 6.07) is 8.09. The summed E-state index contributed by atoms with van der Waals surface area (Å²) in [5.74, 6) is -0.741. The predicted molar refractivity (Wildman–Crippen MR) is 89.5 cm³/mol. The number of benzene rings is 1. The normalized spacial score (nSPS) is 12.1. The van der Waals surface area contributed by atoms with Gasteiger partial charge in [-0.2, -0.15) is 0 Å². The third-order valence-electron chi connectivity index (χ3n) is 3.66. The minimum absolute atomic E-state index is 0.191. The maximum Gasteiger partial charge on any atom is 0.303 e. The van der Waals surface area contributed by atoms with Crippen molar-refractivity contribution in [3.63, 3.8) is 0 Å². The molecule has 0 saturated heterocycles. The average molecular weight is 308 g/mol. The monoisotopic (exact) mass is 308 g/mol. The maximum absolute atomic E-state index is 10.7. The number of hydrogen-bond acceptors (Lipinski definition) is 2. The van der Waals surface area contributed by atoms with Crippen molar-refractivity contribution in [1.82, 2.24) is 0 Å². The van der Waals surface area contributed by atoms with E-state index in [0.717, 1.165) is 18.6 Å². The number of rotatable bonds is 10. The van der Waals surface area contributed by atoms with Crippen LogP contribution in [-0.2, 0) is 22.1 Å². The first kappa shape index (κ1) is 17.9. The summed E-state index contributed by atoms with van der Waals surface area (Å²) in [5.41, 5.74) is 2.36. The number of aliphatic carboxylic acids is 1. The third kappa shape index (κ3) is 7.44. The molecule has 0 saturated carbocycles. The molecule has 118 valence electrons. The number of aryl methyl sites for hydroxylation is 1. The molecule has 1 aromatic rings. The van der Waals surface area contributed by atoms with E-state index in [4.69, 9.17) is 9.53 Å². The Morgan fingerprint density at radius 3 is 2.43 bits per heavy atom. The minimum Gasteiger partial charge on any atom is -0.481 e. The highest BCUT2D eigenvalue weighted by atomic mass is 28.2. The Hall–Kier alpha value is -1.13. The van der Waals surface area contributed by atoms with E-state index in [0.29, 0.717) is 11.5 Å². The molecule has 0 aliphatic rings. The summed E-state index contributed by atoms with van der Waals surface area (Å²) in [7, 11) is -0.518. The first-order valence-electron chi connectivity index (χ1n) is 7.81. The second kappa shape index (κ2) is 9.00. The highest BCUT2D eigenvalue weighted by molar-refractivity contribution is 6.31. The van der Waals surface area contributed by atoms with Crippen LogP contribution in [0.4, 0.5) is 0 Å². The van der Waals surface area contributed by atoms with Crippen molar-refractivity contribution < 1.29 is 14.3 Å². The number of carbonyl (C=O) groups is 1. The molecule has 0 spiro atoms. The zero-order valence-electron chi connectivity index (χ0n) is 13.5. The fraction of sp³-hybridized carbons (Fsp3) is 0.588. The number of carboxylic acids is 1. The van der Waals surface area contributed by atoms with Crippen LogP contribution in [0.25, 0.3) is 0 Å². The van der Waals surface area contributed by atoms with Gasteiger partial charge in [-0.3, -0.25) is 4.79 Å². The molecule has 1 N–H and O–H groups in total. The molecule has 0 bridgehead atoms. The molecule has 0 aliphatic carbocycles. The van der Waals surface area contributed by atoms with E-state index in [1.807, 2.05) is 18.2 Å². The van der Waals surface area contributed by atoms with Crippen LogP contribution in [0.3, 0.4) is 0 Å². The van der Waals surface area contributed by atoms with Crippen molar-refractivity contribution in [1.29, 1.82) is 0 Å². The molecule has 0 unspecified atom stereocenters. The molecule has 0 heterocycles. The van der Waals surface area contributed by atoms with E-state index in [9.17, 15) is 4.79 Å². The fourth-order valence-electron chi connectivity index (χ4n) is 2.57. The Kier molecular flexibility index (Phi) is 7.68. The average Bonchev–Trinajstić information content (AvgIpc) is 2.42. The van der Waals surface area contributed by atoms with Gasteiger partial charge in [0.05, 0.1) is 0 Å². The van der Waals surface area contributed by atoms with Gasteiger partial charge in [0.2, 0.25) is 0 Å². The summed E-state index contributed by atoms with van der Waals surface area (Å²) in [6.45, 7) is 7.56. The van der Waals surface area contributed by atoms with E-state index in [2.05, 4.69) is 26.8 Å². The summed E-state index contributed by atoms with van der Waals surface area (Å²) in [6.07, 6.45) is 4.11. The zero-order valence-corrected chi connectivity index (χ0v) is 14.9. The predicted octanol–water partition coefficient (Wildman–Crippen LogP) is 3.35. The lowest BCUT2D eigenvalue weighted by molar-refractivity contribution is -0.136. The van der Waals surface area contributed by atoms with Crippen LogP contribution in [0.1, 0.15) is 51.2 Å². The van der Waals surface area contributed by atoms with Gasteiger partial charge < -0.3 is 9.53 Å². The molecule has 0 fully saturated rings. The van der Waals surface area contributed by atoms with Gasteiger partial charge in [0.25, 0.3) is 0 Å². The van der Waals surface area contributed by atoms with Crippen LogP contribution in [0.5, 0.6) is 0 Å². The standard InChI is InChI=1S/C17H28O3Si/c1-4-12-17(2,3)21-20-13-11-15-8-6-5-7-14(15)9-10-16(18)19/h5-8H,4,9-13,21H2,1-3H3,(H,18,19). The van der Waals surface area contributed by atoms with Crippen molar-refractivity contribution in [2.75, 3.05) is 6.61 Å². The summed E-state index contributed by atoms with van der Waals surface area (Å²) in [4.78, 5) is 10.7. The molecule has 0 radical (unpaired) electrons. The second-order valence-electron chi connectivity index (χ2n) is 6.38. The van der Waals surface area contributed by atoms with Crippen LogP contribution in [0, 0.1) is 0 Å². The van der Waals surface area contributed by atoms with Gasteiger partial charge in [-0.05, 0) is 35.4 Å². The molecular formula is C17H28O3Si. The van der Waals surface area contributed by atoms with Crippen molar-refractivity contribution in [3.05, 3.63) is 35.4 Å². The minimum atomic E-state index is -0.741. The summed E-state index contributed by atoms with van der Waals surface area (Å²) in [5, 5.41) is 9.17. The summed E-state index contributed by atoms with van der Waals surface area (Å²) < 4.78 is 5.96. The van der Waals surface area contributed by atoms with Crippen molar-refractivity contribution in [2.24, 2.45) is 0 Å². The number of carboxylic acid groups (broad SMARTS) is 1. The maximum atomic E-state index is 10.7. The van der Waals surface area contributed by atoms with Crippen LogP contribution >= 0.6 is 0 Å². The molecule has 3 nitrogen and oxygen atoms in total. The first-order valence-corrected chi connectivity index (χ1v) is 9.09. The van der Waals surface area contributed by atoms with Gasteiger partial charge in [0.1, 0.15) is 0 Å². The quantitative estimate of drug-likeness (QED) is 0.532. The Labute approximate surface area is 130 Å². The van der Waals surface area contributed by atoms with E-state index in [-0.39, 0.29) is 6.42 Å². The highest BCUT2D eigenvalue weighted by Crippen LogP contribution is 2.28. The van der Waals surface area contributed by atoms with Crippen LogP contribution in [0.2, 0.25) is 5.04 Å². The number of hydrogen-bond donors (Lipinski definition) is 1.